The number of amides is 1. The summed E-state index contributed by atoms with van der Waals surface area (Å²) < 4.78 is 13.4. The van der Waals surface area contributed by atoms with E-state index in [0.717, 1.165) is 31.2 Å². The number of halogens is 1. The van der Waals surface area contributed by atoms with Gasteiger partial charge in [0.2, 0.25) is 0 Å². The fourth-order valence-corrected chi connectivity index (χ4v) is 4.83. The fraction of sp³-hybridized carbons (Fsp3) is 0.429. The van der Waals surface area contributed by atoms with Crippen LogP contribution in [-0.4, -0.2) is 5.91 Å². The molecule has 0 spiro atoms. The van der Waals surface area contributed by atoms with E-state index in [2.05, 4.69) is 32.2 Å². The van der Waals surface area contributed by atoms with E-state index in [9.17, 15) is 14.4 Å². The molecular weight excluding hydrogens is 347 g/mol. The Morgan fingerprint density at radius 1 is 1.46 bits per heavy atom. The van der Waals surface area contributed by atoms with E-state index < -0.39 is 5.82 Å². The number of rotatable bonds is 4. The van der Waals surface area contributed by atoms with Crippen molar-refractivity contribution in [1.29, 1.82) is 5.26 Å². The summed E-state index contributed by atoms with van der Waals surface area (Å²) in [5.74, 6) is -0.254. The van der Waals surface area contributed by atoms with Gasteiger partial charge in [-0.25, -0.2) is 4.39 Å². The zero-order chi connectivity index (χ0) is 18.9. The van der Waals surface area contributed by atoms with Crippen LogP contribution in [0.3, 0.4) is 0 Å². The van der Waals surface area contributed by atoms with E-state index in [0.29, 0.717) is 16.5 Å². The first-order chi connectivity index (χ1) is 12.4. The van der Waals surface area contributed by atoms with Crippen LogP contribution in [0.2, 0.25) is 0 Å². The number of nitriles is 1. The molecule has 1 unspecified atom stereocenters. The van der Waals surface area contributed by atoms with Crippen molar-refractivity contribution in [2.45, 2.75) is 46.5 Å². The molecule has 1 aromatic carbocycles. The molecule has 5 heteroatoms. The summed E-state index contributed by atoms with van der Waals surface area (Å²) in [6, 6.07) is 7.84. The summed E-state index contributed by atoms with van der Waals surface area (Å²) in [5, 5.41) is 13.0. The third-order valence-corrected chi connectivity index (χ3v) is 6.88. The molecule has 136 valence electrons. The van der Waals surface area contributed by atoms with Crippen LogP contribution in [0.1, 0.15) is 60.0 Å². The fourth-order valence-electron chi connectivity index (χ4n) is 3.55. The van der Waals surface area contributed by atoms with Crippen LogP contribution in [0.25, 0.3) is 0 Å². The highest BCUT2D eigenvalue weighted by atomic mass is 32.1. The van der Waals surface area contributed by atoms with Gasteiger partial charge in [0.1, 0.15) is 16.9 Å². The summed E-state index contributed by atoms with van der Waals surface area (Å²) in [6.45, 7) is 6.82. The Kier molecular flexibility index (Phi) is 5.15. The van der Waals surface area contributed by atoms with Gasteiger partial charge in [0.25, 0.3) is 5.91 Å². The van der Waals surface area contributed by atoms with Crippen molar-refractivity contribution in [3.05, 3.63) is 51.7 Å². The molecule has 1 aliphatic rings. The van der Waals surface area contributed by atoms with Gasteiger partial charge in [0.15, 0.2) is 0 Å². The molecule has 2 aromatic rings. The minimum absolute atomic E-state index is 0.255. The van der Waals surface area contributed by atoms with Crippen molar-refractivity contribution >= 4 is 22.2 Å². The summed E-state index contributed by atoms with van der Waals surface area (Å²) in [4.78, 5) is 13.6. The predicted molar refractivity (Wildman–Crippen MR) is 103 cm³/mol. The van der Waals surface area contributed by atoms with Crippen molar-refractivity contribution in [3.63, 3.8) is 0 Å². The first-order valence-electron chi connectivity index (χ1n) is 8.97. The van der Waals surface area contributed by atoms with Crippen LogP contribution in [0, 0.1) is 28.5 Å². The number of nitrogens with one attached hydrogen (secondary N) is 1. The molecule has 1 heterocycles. The van der Waals surface area contributed by atoms with Gasteiger partial charge in [0.05, 0.1) is 5.56 Å². The molecule has 1 amide bonds. The largest absolute Gasteiger partial charge is 0.312 e. The second-order valence-electron chi connectivity index (χ2n) is 7.57. The number of benzene rings is 1. The monoisotopic (exact) mass is 370 g/mol. The zero-order valence-electron chi connectivity index (χ0n) is 15.4. The van der Waals surface area contributed by atoms with Crippen molar-refractivity contribution in [1.82, 2.24) is 0 Å². The Bertz CT molecular complexity index is 879. The normalized spacial score (nSPS) is 16.7. The van der Waals surface area contributed by atoms with Crippen molar-refractivity contribution in [2.24, 2.45) is 11.3 Å². The van der Waals surface area contributed by atoms with Crippen LogP contribution >= 0.6 is 11.3 Å². The van der Waals surface area contributed by atoms with Crippen LogP contribution in [0.5, 0.6) is 0 Å². The van der Waals surface area contributed by atoms with Crippen molar-refractivity contribution < 1.29 is 9.18 Å². The van der Waals surface area contributed by atoms with Crippen LogP contribution in [0.4, 0.5) is 9.39 Å². The predicted octanol–water partition coefficient (Wildman–Crippen LogP) is 5.55. The Morgan fingerprint density at radius 2 is 2.23 bits per heavy atom. The average Bonchev–Trinajstić information content (AvgIpc) is 2.97. The third-order valence-electron chi connectivity index (χ3n) is 5.71. The lowest BCUT2D eigenvalue weighted by Crippen LogP contribution is -2.28. The van der Waals surface area contributed by atoms with Gasteiger partial charge in [-0.2, -0.15) is 5.26 Å². The highest BCUT2D eigenvalue weighted by molar-refractivity contribution is 7.16. The van der Waals surface area contributed by atoms with Gasteiger partial charge in [-0.15, -0.1) is 11.3 Å². The van der Waals surface area contributed by atoms with Gasteiger partial charge in [0, 0.05) is 10.4 Å². The van der Waals surface area contributed by atoms with E-state index in [1.807, 2.05) is 0 Å². The molecule has 1 N–H and O–H groups in total. The molecule has 0 bridgehead atoms. The van der Waals surface area contributed by atoms with E-state index >= 15 is 0 Å². The topological polar surface area (TPSA) is 52.9 Å². The molecule has 0 aliphatic heterocycles. The number of carbonyl (C=O) groups excluding carboxylic acids is 1. The van der Waals surface area contributed by atoms with E-state index in [1.165, 1.54) is 34.4 Å². The Morgan fingerprint density at radius 3 is 2.88 bits per heavy atom. The lowest BCUT2D eigenvalue weighted by Gasteiger charge is -2.36. The van der Waals surface area contributed by atoms with E-state index in [-0.39, 0.29) is 16.9 Å². The van der Waals surface area contributed by atoms with Gasteiger partial charge in [-0.05, 0) is 54.4 Å². The summed E-state index contributed by atoms with van der Waals surface area (Å²) in [5.41, 5.74) is 2.17. The maximum absolute atomic E-state index is 13.4. The highest BCUT2D eigenvalue weighted by Gasteiger charge is 2.34. The second kappa shape index (κ2) is 7.20. The zero-order valence-corrected chi connectivity index (χ0v) is 16.2. The molecule has 3 rings (SSSR count). The van der Waals surface area contributed by atoms with Crippen LogP contribution < -0.4 is 5.32 Å². The van der Waals surface area contributed by atoms with Gasteiger partial charge in [-0.1, -0.05) is 33.3 Å². The minimum atomic E-state index is -0.451. The SMILES string of the molecule is CCC(C)(C)C1CCc2c(sc(NC(=O)c3cccc(F)c3)c2C#N)C1. The summed E-state index contributed by atoms with van der Waals surface area (Å²) >= 11 is 1.50. The van der Waals surface area contributed by atoms with Gasteiger partial charge >= 0.3 is 0 Å². The van der Waals surface area contributed by atoms with Gasteiger partial charge in [-0.3, -0.25) is 4.79 Å². The molecule has 3 nitrogen and oxygen atoms in total. The van der Waals surface area contributed by atoms with Crippen molar-refractivity contribution in [2.75, 3.05) is 5.32 Å². The second-order valence-corrected chi connectivity index (χ2v) is 8.67. The van der Waals surface area contributed by atoms with Crippen LogP contribution in [0.15, 0.2) is 24.3 Å². The smallest absolute Gasteiger partial charge is 0.256 e. The molecular formula is C21H23FN2OS. The highest BCUT2D eigenvalue weighted by Crippen LogP contribution is 2.45. The Balaban J connectivity index is 1.87. The minimum Gasteiger partial charge on any atom is -0.312 e. The molecule has 1 atom stereocenters. The standard InChI is InChI=1S/C21H23FN2OS/c1-4-21(2,3)14-8-9-16-17(12-23)20(26-18(16)11-14)24-19(25)13-6-5-7-15(22)10-13/h5-7,10,14H,4,8-9,11H2,1-3H3,(H,24,25). The molecule has 0 saturated heterocycles. The maximum atomic E-state index is 13.4. The molecule has 0 radical (unpaired) electrons. The van der Waals surface area contributed by atoms with E-state index in [4.69, 9.17) is 0 Å². The number of nitrogens with zero attached hydrogens (tertiary/aromatic N) is 1. The molecule has 1 aliphatic carbocycles. The molecule has 1 aromatic heterocycles. The summed E-state index contributed by atoms with van der Waals surface area (Å²) in [6.07, 6.45) is 4.01. The first kappa shape index (κ1) is 18.6. The molecule has 26 heavy (non-hydrogen) atoms. The molecule has 0 saturated carbocycles. The number of hydrogen-bond acceptors (Lipinski definition) is 3. The van der Waals surface area contributed by atoms with E-state index in [1.54, 1.807) is 6.07 Å². The lowest BCUT2D eigenvalue weighted by atomic mass is 9.69. The maximum Gasteiger partial charge on any atom is 0.256 e. The molecule has 0 fully saturated rings. The van der Waals surface area contributed by atoms with Crippen LogP contribution in [-0.2, 0) is 12.8 Å². The number of hydrogen-bond donors (Lipinski definition) is 1. The van der Waals surface area contributed by atoms with Crippen molar-refractivity contribution in [3.8, 4) is 6.07 Å². The Labute approximate surface area is 157 Å². The average molecular weight is 370 g/mol. The third kappa shape index (κ3) is 3.52. The number of thiophene rings is 1. The Hall–Kier alpha value is -2.19. The number of anilines is 1. The first-order valence-corrected chi connectivity index (χ1v) is 9.79. The lowest BCUT2D eigenvalue weighted by molar-refractivity contribution is 0.102. The number of carbonyl (C=O) groups is 1. The van der Waals surface area contributed by atoms with Gasteiger partial charge < -0.3 is 5.32 Å². The number of fused-ring (bicyclic) bond motifs is 1. The summed E-state index contributed by atoms with van der Waals surface area (Å²) in [7, 11) is 0. The quantitative estimate of drug-likeness (QED) is 0.767.